The van der Waals surface area contributed by atoms with Gasteiger partial charge in [-0.1, -0.05) is 12.1 Å². The molecule has 1 unspecified atom stereocenters. The molecule has 1 fully saturated rings. The fourth-order valence-electron chi connectivity index (χ4n) is 3.50. The van der Waals surface area contributed by atoms with Crippen LogP contribution in [-0.2, 0) is 12.8 Å². The Kier molecular flexibility index (Phi) is 4.58. The number of hydrogen-bond donors (Lipinski definition) is 2. The topological polar surface area (TPSA) is 35.5 Å². The monoisotopic (exact) mass is 274 g/mol. The molecule has 20 heavy (non-hydrogen) atoms. The van der Waals surface area contributed by atoms with Crippen LogP contribution in [0.3, 0.4) is 0 Å². The Bertz CT molecular complexity index is 441. The molecular weight excluding hydrogens is 248 g/mol. The minimum Gasteiger partial charge on any atom is -0.390 e. The van der Waals surface area contributed by atoms with Gasteiger partial charge in [-0.25, -0.2) is 0 Å². The average Bonchev–Trinajstić information content (AvgIpc) is 2.98. The second-order valence-corrected chi connectivity index (χ2v) is 6.19. The van der Waals surface area contributed by atoms with Gasteiger partial charge in [-0.05, 0) is 68.8 Å². The van der Waals surface area contributed by atoms with Crippen LogP contribution in [0.4, 0.5) is 5.69 Å². The first-order valence-electron chi connectivity index (χ1n) is 8.08. The lowest BCUT2D eigenvalue weighted by Crippen LogP contribution is -2.34. The van der Waals surface area contributed by atoms with E-state index in [1.165, 1.54) is 55.3 Å². The van der Waals surface area contributed by atoms with Crippen LogP contribution in [0.2, 0.25) is 0 Å². The summed E-state index contributed by atoms with van der Waals surface area (Å²) < 4.78 is 0. The molecule has 110 valence electrons. The summed E-state index contributed by atoms with van der Waals surface area (Å²) >= 11 is 0. The number of aryl methyl sites for hydroxylation is 1. The summed E-state index contributed by atoms with van der Waals surface area (Å²) in [4.78, 5) is 2.37. The van der Waals surface area contributed by atoms with Crippen molar-refractivity contribution in [3.63, 3.8) is 0 Å². The SMILES string of the molecule is OC(CNc1cccc2c1CCCC2)CN1CCCC1. The number of rotatable bonds is 5. The summed E-state index contributed by atoms with van der Waals surface area (Å²) in [6, 6.07) is 6.55. The van der Waals surface area contributed by atoms with Crippen molar-refractivity contribution in [1.29, 1.82) is 0 Å². The molecule has 3 heteroatoms. The van der Waals surface area contributed by atoms with Gasteiger partial charge in [0.05, 0.1) is 6.10 Å². The van der Waals surface area contributed by atoms with E-state index in [-0.39, 0.29) is 6.10 Å². The normalized spacial score (nSPS) is 20.6. The molecule has 1 aliphatic carbocycles. The highest BCUT2D eigenvalue weighted by molar-refractivity contribution is 5.55. The van der Waals surface area contributed by atoms with Gasteiger partial charge in [-0.3, -0.25) is 0 Å². The van der Waals surface area contributed by atoms with Gasteiger partial charge in [0.25, 0.3) is 0 Å². The number of benzene rings is 1. The molecule has 1 saturated heterocycles. The first kappa shape index (κ1) is 13.9. The minimum atomic E-state index is -0.271. The van der Waals surface area contributed by atoms with E-state index in [9.17, 15) is 5.11 Å². The molecule has 1 aromatic carbocycles. The summed E-state index contributed by atoms with van der Waals surface area (Å²) in [5, 5.41) is 13.6. The predicted octanol–water partition coefficient (Wildman–Crippen LogP) is 2.43. The summed E-state index contributed by atoms with van der Waals surface area (Å²) in [5.41, 5.74) is 4.21. The molecule has 0 spiro atoms. The van der Waals surface area contributed by atoms with Crippen molar-refractivity contribution in [2.45, 2.75) is 44.6 Å². The van der Waals surface area contributed by atoms with E-state index in [1.807, 2.05) is 0 Å². The molecule has 1 aromatic rings. The Morgan fingerprint density at radius 1 is 1.10 bits per heavy atom. The van der Waals surface area contributed by atoms with Crippen molar-refractivity contribution in [3.8, 4) is 0 Å². The van der Waals surface area contributed by atoms with Crippen LogP contribution in [0.25, 0.3) is 0 Å². The van der Waals surface area contributed by atoms with Gasteiger partial charge in [0.1, 0.15) is 0 Å². The van der Waals surface area contributed by atoms with Crippen molar-refractivity contribution in [3.05, 3.63) is 29.3 Å². The minimum absolute atomic E-state index is 0.271. The predicted molar refractivity (Wildman–Crippen MR) is 83.3 cm³/mol. The zero-order valence-electron chi connectivity index (χ0n) is 12.3. The van der Waals surface area contributed by atoms with Crippen LogP contribution in [0.1, 0.15) is 36.8 Å². The Morgan fingerprint density at radius 3 is 2.75 bits per heavy atom. The largest absolute Gasteiger partial charge is 0.390 e. The van der Waals surface area contributed by atoms with Crippen LogP contribution >= 0.6 is 0 Å². The molecule has 2 aliphatic rings. The molecule has 0 bridgehead atoms. The van der Waals surface area contributed by atoms with Crippen molar-refractivity contribution >= 4 is 5.69 Å². The Hall–Kier alpha value is -1.06. The van der Waals surface area contributed by atoms with Crippen LogP contribution < -0.4 is 5.32 Å². The fourth-order valence-corrected chi connectivity index (χ4v) is 3.50. The lowest BCUT2D eigenvalue weighted by Gasteiger charge is -2.23. The Labute approximate surface area is 122 Å². The van der Waals surface area contributed by atoms with Crippen LogP contribution in [0, 0.1) is 0 Å². The van der Waals surface area contributed by atoms with Gasteiger partial charge >= 0.3 is 0 Å². The summed E-state index contributed by atoms with van der Waals surface area (Å²) in [6.07, 6.45) is 7.30. The number of aliphatic hydroxyl groups is 1. The van der Waals surface area contributed by atoms with E-state index in [1.54, 1.807) is 0 Å². The third-order valence-electron chi connectivity index (χ3n) is 4.59. The average molecular weight is 274 g/mol. The lowest BCUT2D eigenvalue weighted by atomic mass is 9.90. The van der Waals surface area contributed by atoms with Gasteiger partial charge in [-0.2, -0.15) is 0 Å². The third kappa shape index (κ3) is 3.33. The number of β-amino-alcohol motifs (C(OH)–C–C–N with tert-alkyl or cyclic N) is 1. The van der Waals surface area contributed by atoms with Crippen LogP contribution in [0.5, 0.6) is 0 Å². The van der Waals surface area contributed by atoms with Crippen molar-refractivity contribution in [2.24, 2.45) is 0 Å². The standard InChI is InChI=1S/C17H26N2O/c20-15(13-19-10-3-4-11-19)12-18-17-9-5-7-14-6-1-2-8-16(14)17/h5,7,9,15,18,20H,1-4,6,8,10-13H2. The Balaban J connectivity index is 1.55. The second kappa shape index (κ2) is 6.59. The van der Waals surface area contributed by atoms with E-state index in [0.717, 1.165) is 19.6 Å². The number of anilines is 1. The molecule has 2 N–H and O–H groups in total. The van der Waals surface area contributed by atoms with Crippen LogP contribution in [-0.4, -0.2) is 42.3 Å². The first-order valence-corrected chi connectivity index (χ1v) is 8.08. The third-order valence-corrected chi connectivity index (χ3v) is 4.59. The van der Waals surface area contributed by atoms with Crippen molar-refractivity contribution in [1.82, 2.24) is 4.90 Å². The molecule has 1 aliphatic heterocycles. The highest BCUT2D eigenvalue weighted by Crippen LogP contribution is 2.27. The molecule has 1 atom stereocenters. The quantitative estimate of drug-likeness (QED) is 0.865. The fraction of sp³-hybridized carbons (Fsp3) is 0.647. The maximum Gasteiger partial charge on any atom is 0.0839 e. The molecule has 3 nitrogen and oxygen atoms in total. The lowest BCUT2D eigenvalue weighted by molar-refractivity contribution is 0.135. The molecule has 0 aromatic heterocycles. The molecule has 0 saturated carbocycles. The zero-order valence-corrected chi connectivity index (χ0v) is 12.3. The number of nitrogens with zero attached hydrogens (tertiary/aromatic N) is 1. The first-order chi connectivity index (χ1) is 9.83. The van der Waals surface area contributed by atoms with Gasteiger partial charge in [-0.15, -0.1) is 0 Å². The molecular formula is C17H26N2O. The number of likely N-dealkylation sites (tertiary alicyclic amines) is 1. The summed E-state index contributed by atoms with van der Waals surface area (Å²) in [7, 11) is 0. The summed E-state index contributed by atoms with van der Waals surface area (Å²) in [5.74, 6) is 0. The van der Waals surface area contributed by atoms with Gasteiger partial charge < -0.3 is 15.3 Å². The van der Waals surface area contributed by atoms with Gasteiger partial charge in [0.15, 0.2) is 0 Å². The van der Waals surface area contributed by atoms with E-state index in [2.05, 4.69) is 28.4 Å². The molecule has 0 radical (unpaired) electrons. The van der Waals surface area contributed by atoms with Crippen molar-refractivity contribution in [2.75, 3.05) is 31.5 Å². The zero-order chi connectivity index (χ0) is 13.8. The second-order valence-electron chi connectivity index (χ2n) is 6.19. The van der Waals surface area contributed by atoms with E-state index in [4.69, 9.17) is 0 Å². The molecule has 3 rings (SSSR count). The number of nitrogens with one attached hydrogen (secondary N) is 1. The molecule has 1 heterocycles. The van der Waals surface area contributed by atoms with Crippen LogP contribution in [0.15, 0.2) is 18.2 Å². The van der Waals surface area contributed by atoms with Gasteiger partial charge in [0, 0.05) is 18.8 Å². The maximum atomic E-state index is 10.2. The highest BCUT2D eigenvalue weighted by Gasteiger charge is 2.17. The number of aliphatic hydroxyl groups excluding tert-OH is 1. The van der Waals surface area contributed by atoms with E-state index >= 15 is 0 Å². The Morgan fingerprint density at radius 2 is 1.90 bits per heavy atom. The van der Waals surface area contributed by atoms with Crippen molar-refractivity contribution < 1.29 is 5.11 Å². The number of hydrogen-bond acceptors (Lipinski definition) is 3. The number of fused-ring (bicyclic) bond motifs is 1. The highest BCUT2D eigenvalue weighted by atomic mass is 16.3. The van der Waals surface area contributed by atoms with Gasteiger partial charge in [0.2, 0.25) is 0 Å². The maximum absolute atomic E-state index is 10.2. The van der Waals surface area contributed by atoms with E-state index in [0.29, 0.717) is 6.54 Å². The smallest absolute Gasteiger partial charge is 0.0839 e. The molecule has 0 amide bonds. The summed E-state index contributed by atoms with van der Waals surface area (Å²) in [6.45, 7) is 3.77. The van der Waals surface area contributed by atoms with E-state index < -0.39 is 0 Å².